The molecule has 2 aromatic carbocycles. The third-order valence-electron chi connectivity index (χ3n) is 5.97. The van der Waals surface area contributed by atoms with Crippen LogP contribution in [0.25, 0.3) is 0 Å². The van der Waals surface area contributed by atoms with Crippen molar-refractivity contribution in [1.82, 2.24) is 5.32 Å². The van der Waals surface area contributed by atoms with E-state index >= 15 is 0 Å². The average molecular weight is 415 g/mol. The molecule has 1 unspecified atom stereocenters. The minimum Gasteiger partial charge on any atom is -0.378 e. The Hall–Kier alpha value is -2.04. The quantitative estimate of drug-likeness (QED) is 0.683. The number of alkyl halides is 1. The summed E-state index contributed by atoms with van der Waals surface area (Å²) in [4.78, 5) is 16.2. The van der Waals surface area contributed by atoms with Gasteiger partial charge >= 0.3 is 0 Å². The topological polar surface area (TPSA) is 36.8 Å². The fourth-order valence-corrected chi connectivity index (χ4v) is 4.02. The van der Waals surface area contributed by atoms with E-state index in [0.29, 0.717) is 12.4 Å². The van der Waals surface area contributed by atoms with Crippen LogP contribution in [0.15, 0.2) is 48.5 Å². The van der Waals surface area contributed by atoms with Crippen LogP contribution in [-0.4, -0.2) is 39.0 Å². The summed E-state index contributed by atoms with van der Waals surface area (Å²) in [7, 11) is 4.10. The standard InChI is InChI=1S/C24H32ClN3O/c1-24(2,17-25)23(29)26-15-22(19-9-11-21(12-10-19)27(3)4)28-14-13-18-7-5-6-8-20(18)16-28/h5-12,22H,13-17H2,1-4H3,(H,26,29)/p+1/t22-/m0/s1. The summed E-state index contributed by atoms with van der Waals surface area (Å²) in [6, 6.07) is 17.6. The fraction of sp³-hybridized carbons (Fsp3) is 0.458. The molecule has 2 aromatic rings. The zero-order valence-electron chi connectivity index (χ0n) is 18.0. The van der Waals surface area contributed by atoms with Crippen LogP contribution in [-0.2, 0) is 17.8 Å². The fourth-order valence-electron chi connectivity index (χ4n) is 3.90. The van der Waals surface area contributed by atoms with Crippen molar-refractivity contribution >= 4 is 23.2 Å². The Kier molecular flexibility index (Phi) is 6.86. The number of carbonyl (C=O) groups excluding carboxylic acids is 1. The van der Waals surface area contributed by atoms with Gasteiger partial charge in [-0.3, -0.25) is 4.79 Å². The molecule has 1 amide bonds. The number of rotatable bonds is 7. The lowest BCUT2D eigenvalue weighted by Crippen LogP contribution is -3.12. The molecule has 0 saturated heterocycles. The second kappa shape index (κ2) is 9.19. The van der Waals surface area contributed by atoms with Crippen LogP contribution in [0.1, 0.15) is 36.6 Å². The zero-order chi connectivity index (χ0) is 21.0. The molecule has 0 radical (unpaired) electrons. The molecule has 0 saturated carbocycles. The highest BCUT2D eigenvalue weighted by Crippen LogP contribution is 2.20. The Morgan fingerprint density at radius 3 is 2.41 bits per heavy atom. The molecule has 3 rings (SSSR count). The van der Waals surface area contributed by atoms with E-state index in [9.17, 15) is 4.79 Å². The Labute approximate surface area is 179 Å². The van der Waals surface area contributed by atoms with Gasteiger partial charge in [0.05, 0.1) is 18.5 Å². The number of benzene rings is 2. The number of halogens is 1. The molecule has 2 atom stereocenters. The highest BCUT2D eigenvalue weighted by atomic mass is 35.5. The minimum absolute atomic E-state index is 0.0132. The molecule has 0 spiro atoms. The molecule has 1 aliphatic rings. The van der Waals surface area contributed by atoms with Gasteiger partial charge in [-0.1, -0.05) is 36.4 Å². The van der Waals surface area contributed by atoms with Crippen molar-refractivity contribution < 1.29 is 9.69 Å². The highest BCUT2D eigenvalue weighted by molar-refractivity contribution is 6.19. The Balaban J connectivity index is 1.82. The van der Waals surface area contributed by atoms with Crippen molar-refractivity contribution in [2.24, 2.45) is 5.41 Å². The maximum Gasteiger partial charge on any atom is 0.227 e. The number of anilines is 1. The second-order valence-corrected chi connectivity index (χ2v) is 9.14. The van der Waals surface area contributed by atoms with Crippen molar-refractivity contribution in [1.29, 1.82) is 0 Å². The van der Waals surface area contributed by atoms with Crippen LogP contribution in [0.2, 0.25) is 0 Å². The third kappa shape index (κ3) is 5.12. The Morgan fingerprint density at radius 1 is 1.14 bits per heavy atom. The predicted octanol–water partition coefficient (Wildman–Crippen LogP) is 2.82. The molecule has 0 fully saturated rings. The first-order chi connectivity index (χ1) is 13.8. The zero-order valence-corrected chi connectivity index (χ0v) is 18.7. The van der Waals surface area contributed by atoms with E-state index in [1.165, 1.54) is 27.3 Å². The van der Waals surface area contributed by atoms with Crippen LogP contribution in [0, 0.1) is 5.41 Å². The van der Waals surface area contributed by atoms with Crippen molar-refractivity contribution in [3.05, 3.63) is 65.2 Å². The summed E-state index contributed by atoms with van der Waals surface area (Å²) in [5.74, 6) is 0.324. The monoisotopic (exact) mass is 414 g/mol. The second-order valence-electron chi connectivity index (χ2n) is 8.87. The Morgan fingerprint density at radius 2 is 1.79 bits per heavy atom. The van der Waals surface area contributed by atoms with Gasteiger partial charge in [0, 0.05) is 43.2 Å². The van der Waals surface area contributed by atoms with Gasteiger partial charge in [-0.05, 0) is 31.5 Å². The van der Waals surface area contributed by atoms with Gasteiger partial charge in [0.25, 0.3) is 0 Å². The first kappa shape index (κ1) is 21.7. The summed E-state index contributed by atoms with van der Waals surface area (Å²) < 4.78 is 0. The van der Waals surface area contributed by atoms with E-state index < -0.39 is 5.41 Å². The summed E-state index contributed by atoms with van der Waals surface area (Å²) in [6.07, 6.45) is 1.07. The summed E-state index contributed by atoms with van der Waals surface area (Å²) >= 11 is 6.00. The summed E-state index contributed by atoms with van der Waals surface area (Å²) in [6.45, 7) is 6.43. The van der Waals surface area contributed by atoms with Gasteiger partial charge in [0.15, 0.2) is 0 Å². The number of amides is 1. The van der Waals surface area contributed by atoms with E-state index in [1.54, 1.807) is 0 Å². The maximum absolute atomic E-state index is 12.6. The normalized spacial score (nSPS) is 17.3. The lowest BCUT2D eigenvalue weighted by atomic mass is 9.94. The van der Waals surface area contributed by atoms with Gasteiger partial charge in [0.1, 0.15) is 12.6 Å². The number of hydrogen-bond acceptors (Lipinski definition) is 2. The lowest BCUT2D eigenvalue weighted by Gasteiger charge is -2.34. The van der Waals surface area contributed by atoms with Crippen molar-refractivity contribution in [2.75, 3.05) is 38.0 Å². The molecule has 0 aromatic heterocycles. The lowest BCUT2D eigenvalue weighted by molar-refractivity contribution is -0.945. The van der Waals surface area contributed by atoms with Crippen molar-refractivity contribution in [2.45, 2.75) is 32.9 Å². The number of carbonyl (C=O) groups is 1. The molecule has 1 heterocycles. The molecule has 5 heteroatoms. The van der Waals surface area contributed by atoms with Crippen LogP contribution < -0.4 is 15.1 Å². The van der Waals surface area contributed by atoms with E-state index in [-0.39, 0.29) is 11.9 Å². The highest BCUT2D eigenvalue weighted by Gasteiger charge is 2.31. The smallest absolute Gasteiger partial charge is 0.227 e. The van der Waals surface area contributed by atoms with Crippen molar-refractivity contribution in [3.8, 4) is 0 Å². The number of hydrogen-bond donors (Lipinski definition) is 2. The summed E-state index contributed by atoms with van der Waals surface area (Å²) in [5, 5.41) is 3.18. The number of nitrogens with one attached hydrogen (secondary N) is 2. The minimum atomic E-state index is -0.565. The van der Waals surface area contributed by atoms with E-state index in [4.69, 9.17) is 11.6 Å². The van der Waals surface area contributed by atoms with E-state index in [1.807, 2.05) is 27.9 Å². The molecule has 156 valence electrons. The average Bonchev–Trinajstić information content (AvgIpc) is 2.73. The molecule has 4 nitrogen and oxygen atoms in total. The molecule has 2 N–H and O–H groups in total. The number of fused-ring (bicyclic) bond motifs is 1. The van der Waals surface area contributed by atoms with Crippen molar-refractivity contribution in [3.63, 3.8) is 0 Å². The maximum atomic E-state index is 12.6. The first-order valence-corrected chi connectivity index (χ1v) is 10.9. The number of nitrogens with zero attached hydrogens (tertiary/aromatic N) is 1. The van der Waals surface area contributed by atoms with Crippen LogP contribution in [0.5, 0.6) is 0 Å². The molecular formula is C24H33ClN3O+. The van der Waals surface area contributed by atoms with Gasteiger partial charge in [-0.2, -0.15) is 0 Å². The van der Waals surface area contributed by atoms with Gasteiger partial charge in [-0.25, -0.2) is 0 Å². The largest absolute Gasteiger partial charge is 0.378 e. The number of quaternary nitrogens is 1. The van der Waals surface area contributed by atoms with Gasteiger partial charge in [-0.15, -0.1) is 11.6 Å². The van der Waals surface area contributed by atoms with Gasteiger partial charge < -0.3 is 15.1 Å². The molecule has 1 aliphatic heterocycles. The van der Waals surface area contributed by atoms with Crippen LogP contribution in [0.3, 0.4) is 0 Å². The SMILES string of the molecule is CN(C)c1ccc([C@H](CNC(=O)C(C)(C)CCl)[NH+]2CCc3ccccc3C2)cc1. The van der Waals surface area contributed by atoms with E-state index in [2.05, 4.69) is 58.7 Å². The Bertz CT molecular complexity index is 832. The summed E-state index contributed by atoms with van der Waals surface area (Å²) in [5.41, 5.74) is 4.74. The molecular weight excluding hydrogens is 382 g/mol. The predicted molar refractivity (Wildman–Crippen MR) is 121 cm³/mol. The van der Waals surface area contributed by atoms with Crippen LogP contribution >= 0.6 is 11.6 Å². The first-order valence-electron chi connectivity index (χ1n) is 10.3. The molecule has 0 bridgehead atoms. The molecule has 29 heavy (non-hydrogen) atoms. The molecule has 0 aliphatic carbocycles. The van der Waals surface area contributed by atoms with Gasteiger partial charge in [0.2, 0.25) is 5.91 Å². The van der Waals surface area contributed by atoms with E-state index in [0.717, 1.165) is 19.5 Å². The third-order valence-corrected chi connectivity index (χ3v) is 6.64. The van der Waals surface area contributed by atoms with Crippen LogP contribution in [0.4, 0.5) is 5.69 Å².